The summed E-state index contributed by atoms with van der Waals surface area (Å²) in [6.07, 6.45) is 0. The highest BCUT2D eigenvalue weighted by atomic mass is 14.8. The topological polar surface area (TPSA) is 73.4 Å². The number of nitrogens with zero attached hydrogens (tertiary/aromatic N) is 4. The van der Waals surface area contributed by atoms with Crippen LogP contribution in [0.2, 0.25) is 0 Å². The quantitative estimate of drug-likeness (QED) is 0.556. The Kier molecular flexibility index (Phi) is 2.15. The molecule has 1 aromatic heterocycles. The lowest BCUT2D eigenvalue weighted by Crippen LogP contribution is -1.92. The smallest absolute Gasteiger partial charge is 0.107 e. The van der Waals surface area contributed by atoms with Gasteiger partial charge in [-0.1, -0.05) is 12.1 Å². The van der Waals surface area contributed by atoms with Gasteiger partial charge in [0.1, 0.15) is 23.2 Å². The van der Waals surface area contributed by atoms with E-state index in [0.29, 0.717) is 33.2 Å². The van der Waals surface area contributed by atoms with E-state index in [1.807, 2.05) is 12.1 Å². The Morgan fingerprint density at radius 2 is 1.22 bits per heavy atom. The molecular formula is C14H6N4. The Hall–Kier alpha value is -2.98. The van der Waals surface area contributed by atoms with Gasteiger partial charge in [0.15, 0.2) is 0 Å². The van der Waals surface area contributed by atoms with Crippen LogP contribution in [0.15, 0.2) is 36.4 Å². The van der Waals surface area contributed by atoms with E-state index in [2.05, 4.69) is 22.1 Å². The highest BCUT2D eigenvalue weighted by Crippen LogP contribution is 2.20. The molecule has 1 heterocycles. The summed E-state index contributed by atoms with van der Waals surface area (Å²) in [6, 6.07) is 14.7. The molecule has 82 valence electrons. The summed E-state index contributed by atoms with van der Waals surface area (Å²) in [4.78, 5) is 8.84. The molecule has 0 amide bonds. The van der Waals surface area contributed by atoms with Crippen molar-refractivity contribution < 1.29 is 0 Å². The number of rotatable bonds is 0. The number of hydrogen-bond donors (Lipinski definition) is 0. The molecule has 0 aliphatic carbocycles. The second-order valence-electron chi connectivity index (χ2n) is 3.79. The van der Waals surface area contributed by atoms with Crippen LogP contribution in [-0.4, -0.2) is 9.97 Å². The maximum atomic E-state index is 9.05. The molecule has 0 aliphatic heterocycles. The third-order valence-electron chi connectivity index (χ3n) is 2.73. The molecule has 3 rings (SSSR count). The second-order valence-corrected chi connectivity index (χ2v) is 3.79. The molecular weight excluding hydrogens is 224 g/mol. The molecule has 4 nitrogen and oxygen atoms in total. The summed E-state index contributed by atoms with van der Waals surface area (Å²) in [7, 11) is 0. The molecule has 0 radical (unpaired) electrons. The van der Waals surface area contributed by atoms with Gasteiger partial charge in [0.25, 0.3) is 0 Å². The minimum atomic E-state index is 0.467. The van der Waals surface area contributed by atoms with Gasteiger partial charge in [-0.3, -0.25) is 0 Å². The standard InChI is InChI=1S/C14H6N4/c15-7-9-3-1-5-11-13(9)18-14-10(8-16)4-2-6-12(14)17-11/h1-6H. The van der Waals surface area contributed by atoms with Gasteiger partial charge in [-0.2, -0.15) is 10.5 Å². The first kappa shape index (κ1) is 10.2. The van der Waals surface area contributed by atoms with E-state index in [1.165, 1.54) is 0 Å². The van der Waals surface area contributed by atoms with Crippen molar-refractivity contribution in [2.45, 2.75) is 0 Å². The third kappa shape index (κ3) is 1.37. The molecule has 0 fully saturated rings. The molecule has 0 unspecified atom stereocenters. The lowest BCUT2D eigenvalue weighted by Gasteiger charge is -2.03. The summed E-state index contributed by atoms with van der Waals surface area (Å²) >= 11 is 0. The minimum absolute atomic E-state index is 0.467. The Balaban J connectivity index is 2.54. The monoisotopic (exact) mass is 230 g/mol. The fourth-order valence-corrected chi connectivity index (χ4v) is 1.90. The first-order valence-electron chi connectivity index (χ1n) is 5.33. The lowest BCUT2D eigenvalue weighted by atomic mass is 10.1. The van der Waals surface area contributed by atoms with Crippen molar-refractivity contribution in [3.63, 3.8) is 0 Å². The molecule has 0 bridgehead atoms. The zero-order valence-corrected chi connectivity index (χ0v) is 9.25. The number of hydrogen-bond acceptors (Lipinski definition) is 4. The van der Waals surface area contributed by atoms with Gasteiger partial charge in [0.2, 0.25) is 0 Å². The van der Waals surface area contributed by atoms with Crippen LogP contribution in [0.1, 0.15) is 11.1 Å². The fourth-order valence-electron chi connectivity index (χ4n) is 1.90. The van der Waals surface area contributed by atoms with E-state index < -0.39 is 0 Å². The van der Waals surface area contributed by atoms with Gasteiger partial charge >= 0.3 is 0 Å². The molecule has 4 heteroatoms. The van der Waals surface area contributed by atoms with Crippen molar-refractivity contribution in [3.8, 4) is 12.1 Å². The van der Waals surface area contributed by atoms with Crippen LogP contribution < -0.4 is 0 Å². The average molecular weight is 230 g/mol. The van der Waals surface area contributed by atoms with Crippen LogP contribution in [0.5, 0.6) is 0 Å². The first-order valence-corrected chi connectivity index (χ1v) is 5.33. The molecule has 3 aromatic rings. The van der Waals surface area contributed by atoms with Crippen LogP contribution in [-0.2, 0) is 0 Å². The van der Waals surface area contributed by atoms with Crippen molar-refractivity contribution in [3.05, 3.63) is 47.5 Å². The molecule has 0 N–H and O–H groups in total. The van der Waals surface area contributed by atoms with Crippen molar-refractivity contribution in [2.24, 2.45) is 0 Å². The SMILES string of the molecule is N#Cc1cccc2nc3cccc(C#N)c3nc12. The van der Waals surface area contributed by atoms with Gasteiger partial charge in [-0.05, 0) is 24.3 Å². The van der Waals surface area contributed by atoms with Gasteiger partial charge in [-0.15, -0.1) is 0 Å². The van der Waals surface area contributed by atoms with Crippen LogP contribution in [0.25, 0.3) is 22.1 Å². The van der Waals surface area contributed by atoms with E-state index in [9.17, 15) is 0 Å². The fraction of sp³-hybridized carbons (Fsp3) is 0. The van der Waals surface area contributed by atoms with Crippen LogP contribution >= 0.6 is 0 Å². The van der Waals surface area contributed by atoms with Crippen molar-refractivity contribution in [2.75, 3.05) is 0 Å². The predicted octanol–water partition coefficient (Wildman–Crippen LogP) is 2.53. The van der Waals surface area contributed by atoms with Gasteiger partial charge in [-0.25, -0.2) is 9.97 Å². The van der Waals surface area contributed by atoms with Crippen molar-refractivity contribution >= 4 is 22.1 Å². The Bertz CT molecular complexity index is 784. The Labute approximate surface area is 103 Å². The van der Waals surface area contributed by atoms with Gasteiger partial charge in [0, 0.05) is 0 Å². The highest BCUT2D eigenvalue weighted by molar-refractivity contribution is 5.91. The number of benzene rings is 2. The van der Waals surface area contributed by atoms with E-state index in [0.717, 1.165) is 0 Å². The number of aromatic nitrogens is 2. The number of nitriles is 2. The van der Waals surface area contributed by atoms with E-state index >= 15 is 0 Å². The zero-order chi connectivity index (χ0) is 12.5. The largest absolute Gasteiger partial charge is 0.244 e. The summed E-state index contributed by atoms with van der Waals surface area (Å²) in [6.45, 7) is 0. The average Bonchev–Trinajstić information content (AvgIpc) is 2.43. The second kappa shape index (κ2) is 3.80. The van der Waals surface area contributed by atoms with Crippen LogP contribution in [0.4, 0.5) is 0 Å². The Morgan fingerprint density at radius 3 is 1.67 bits per heavy atom. The molecule has 0 saturated carbocycles. The molecule has 0 spiro atoms. The molecule has 2 aromatic carbocycles. The predicted molar refractivity (Wildman–Crippen MR) is 66.5 cm³/mol. The Morgan fingerprint density at radius 1 is 0.722 bits per heavy atom. The number of fused-ring (bicyclic) bond motifs is 2. The third-order valence-corrected chi connectivity index (χ3v) is 2.73. The molecule has 18 heavy (non-hydrogen) atoms. The van der Waals surface area contributed by atoms with Crippen molar-refractivity contribution in [1.82, 2.24) is 9.97 Å². The van der Waals surface area contributed by atoms with E-state index in [-0.39, 0.29) is 0 Å². The minimum Gasteiger partial charge on any atom is -0.244 e. The normalized spacial score (nSPS) is 10.1. The first-order chi connectivity index (χ1) is 8.83. The van der Waals surface area contributed by atoms with Gasteiger partial charge in [0.05, 0.1) is 22.2 Å². The van der Waals surface area contributed by atoms with Crippen LogP contribution in [0.3, 0.4) is 0 Å². The maximum absolute atomic E-state index is 9.05. The summed E-state index contributed by atoms with van der Waals surface area (Å²) in [5.41, 5.74) is 3.34. The maximum Gasteiger partial charge on any atom is 0.107 e. The molecule has 0 aliphatic rings. The van der Waals surface area contributed by atoms with Crippen molar-refractivity contribution in [1.29, 1.82) is 10.5 Å². The zero-order valence-electron chi connectivity index (χ0n) is 9.25. The molecule has 0 atom stereocenters. The van der Waals surface area contributed by atoms with Crippen LogP contribution in [0, 0.1) is 22.7 Å². The highest BCUT2D eigenvalue weighted by Gasteiger charge is 2.08. The lowest BCUT2D eigenvalue weighted by molar-refractivity contribution is 1.36. The summed E-state index contributed by atoms with van der Waals surface area (Å²) < 4.78 is 0. The van der Waals surface area contributed by atoms with E-state index in [1.54, 1.807) is 24.3 Å². The number of para-hydroxylation sites is 2. The molecule has 0 saturated heterocycles. The van der Waals surface area contributed by atoms with Gasteiger partial charge < -0.3 is 0 Å². The van der Waals surface area contributed by atoms with E-state index in [4.69, 9.17) is 10.5 Å². The summed E-state index contributed by atoms with van der Waals surface area (Å²) in [5, 5.41) is 18.1. The summed E-state index contributed by atoms with van der Waals surface area (Å²) in [5.74, 6) is 0.